The van der Waals surface area contributed by atoms with Gasteiger partial charge in [0.2, 0.25) is 5.91 Å². The summed E-state index contributed by atoms with van der Waals surface area (Å²) in [5.41, 5.74) is 0.815. The van der Waals surface area contributed by atoms with Crippen LogP contribution in [0.3, 0.4) is 0 Å². The first kappa shape index (κ1) is 16.1. The highest BCUT2D eigenvalue weighted by atomic mass is 79.9. The Labute approximate surface area is 123 Å². The van der Waals surface area contributed by atoms with Gasteiger partial charge in [0.15, 0.2) is 0 Å². The van der Waals surface area contributed by atoms with Crippen LogP contribution in [0.5, 0.6) is 0 Å². The maximum atomic E-state index is 11.8. The van der Waals surface area contributed by atoms with E-state index in [0.717, 1.165) is 23.3 Å². The first-order chi connectivity index (χ1) is 9.11. The van der Waals surface area contributed by atoms with Crippen molar-refractivity contribution in [2.24, 2.45) is 0 Å². The predicted octanol–water partition coefficient (Wildman–Crippen LogP) is 2.79. The van der Waals surface area contributed by atoms with Crippen molar-refractivity contribution in [1.29, 1.82) is 0 Å². The molecule has 2 N–H and O–H groups in total. The fourth-order valence-electron chi connectivity index (χ4n) is 1.62. The van der Waals surface area contributed by atoms with Gasteiger partial charge in [-0.25, -0.2) is 0 Å². The van der Waals surface area contributed by atoms with Crippen molar-refractivity contribution < 1.29 is 9.53 Å². The van der Waals surface area contributed by atoms with Crippen LogP contribution in [0.1, 0.15) is 20.3 Å². The summed E-state index contributed by atoms with van der Waals surface area (Å²) in [6.07, 6.45) is 0.447. The second kappa shape index (κ2) is 9.07. The Hall–Kier alpha value is -0.910. The van der Waals surface area contributed by atoms with Crippen molar-refractivity contribution in [1.82, 2.24) is 5.32 Å². The lowest BCUT2D eigenvalue weighted by Gasteiger charge is -2.13. The highest BCUT2D eigenvalue weighted by Crippen LogP contribution is 2.14. The molecule has 0 aromatic heterocycles. The van der Waals surface area contributed by atoms with E-state index in [1.165, 1.54) is 0 Å². The van der Waals surface area contributed by atoms with Gasteiger partial charge in [-0.2, -0.15) is 0 Å². The van der Waals surface area contributed by atoms with E-state index in [0.29, 0.717) is 13.0 Å². The normalized spacial score (nSPS) is 12.2. The van der Waals surface area contributed by atoms with E-state index in [1.807, 2.05) is 38.1 Å². The number of carbonyl (C=O) groups is 1. The monoisotopic (exact) mass is 328 g/mol. The molecule has 0 saturated carbocycles. The second-order valence-electron chi connectivity index (χ2n) is 4.31. The predicted molar refractivity (Wildman–Crippen MR) is 81.3 cm³/mol. The van der Waals surface area contributed by atoms with Crippen LogP contribution in [0.25, 0.3) is 0 Å². The summed E-state index contributed by atoms with van der Waals surface area (Å²) in [6, 6.07) is 7.68. The molecular formula is C14H21BrN2O2. The van der Waals surface area contributed by atoms with E-state index in [-0.39, 0.29) is 11.9 Å². The number of hydrogen-bond donors (Lipinski definition) is 2. The highest BCUT2D eigenvalue weighted by Gasteiger charge is 2.08. The summed E-state index contributed by atoms with van der Waals surface area (Å²) in [5.74, 6) is 0.0127. The molecule has 1 amide bonds. The minimum absolute atomic E-state index is 0.0127. The third-order valence-corrected chi connectivity index (χ3v) is 3.09. The number of halogens is 1. The van der Waals surface area contributed by atoms with Crippen molar-refractivity contribution >= 4 is 27.5 Å². The molecule has 1 atom stereocenters. The van der Waals surface area contributed by atoms with Gasteiger partial charge in [0.25, 0.3) is 0 Å². The number of ether oxygens (including phenoxy) is 1. The van der Waals surface area contributed by atoms with E-state index >= 15 is 0 Å². The summed E-state index contributed by atoms with van der Waals surface area (Å²) in [5, 5.41) is 6.12. The fraction of sp³-hybridized carbons (Fsp3) is 0.500. The molecule has 1 unspecified atom stereocenters. The Morgan fingerprint density at radius 2 is 2.05 bits per heavy atom. The average Bonchev–Trinajstić information content (AvgIpc) is 2.37. The lowest BCUT2D eigenvalue weighted by molar-refractivity contribution is -0.116. The largest absolute Gasteiger partial charge is 0.380 e. The average molecular weight is 329 g/mol. The summed E-state index contributed by atoms with van der Waals surface area (Å²) < 4.78 is 6.22. The molecule has 19 heavy (non-hydrogen) atoms. The van der Waals surface area contributed by atoms with Gasteiger partial charge in [-0.1, -0.05) is 15.9 Å². The molecule has 0 radical (unpaired) electrons. The lowest BCUT2D eigenvalue weighted by atomic mass is 10.2. The zero-order valence-electron chi connectivity index (χ0n) is 11.4. The van der Waals surface area contributed by atoms with Gasteiger partial charge >= 0.3 is 0 Å². The molecule has 106 valence electrons. The Kier molecular flexibility index (Phi) is 7.70. The quantitative estimate of drug-likeness (QED) is 0.721. The molecular weight excluding hydrogens is 308 g/mol. The molecule has 4 nitrogen and oxygen atoms in total. The summed E-state index contributed by atoms with van der Waals surface area (Å²) >= 11 is 3.36. The van der Waals surface area contributed by atoms with Gasteiger partial charge in [-0.15, -0.1) is 0 Å². The van der Waals surface area contributed by atoms with Gasteiger partial charge in [-0.3, -0.25) is 4.79 Å². The van der Waals surface area contributed by atoms with Crippen LogP contribution in [-0.4, -0.2) is 31.7 Å². The van der Waals surface area contributed by atoms with Gasteiger partial charge in [0.05, 0.1) is 6.61 Å². The molecule has 0 fully saturated rings. The Morgan fingerprint density at radius 3 is 2.68 bits per heavy atom. The third-order valence-electron chi connectivity index (χ3n) is 2.56. The topological polar surface area (TPSA) is 50.4 Å². The molecule has 0 spiro atoms. The summed E-state index contributed by atoms with van der Waals surface area (Å²) in [6.45, 7) is 6.12. The molecule has 0 saturated heterocycles. The van der Waals surface area contributed by atoms with Crippen LogP contribution in [0.15, 0.2) is 28.7 Å². The van der Waals surface area contributed by atoms with Crippen LogP contribution >= 0.6 is 15.9 Å². The number of nitrogens with one attached hydrogen (secondary N) is 2. The zero-order chi connectivity index (χ0) is 14.1. The first-order valence-corrected chi connectivity index (χ1v) is 7.27. The Balaban J connectivity index is 2.24. The van der Waals surface area contributed by atoms with Crippen molar-refractivity contribution in [3.05, 3.63) is 28.7 Å². The third kappa shape index (κ3) is 7.30. The minimum Gasteiger partial charge on any atom is -0.380 e. The molecule has 0 aliphatic heterocycles. The van der Waals surface area contributed by atoms with Crippen LogP contribution < -0.4 is 10.6 Å². The van der Waals surface area contributed by atoms with Crippen LogP contribution in [0, 0.1) is 0 Å². The number of hydrogen-bond acceptors (Lipinski definition) is 3. The van der Waals surface area contributed by atoms with Gasteiger partial charge in [-0.05, 0) is 38.1 Å². The zero-order valence-corrected chi connectivity index (χ0v) is 13.0. The van der Waals surface area contributed by atoms with E-state index in [4.69, 9.17) is 4.74 Å². The molecule has 1 rings (SSSR count). The molecule has 1 aromatic rings. The summed E-state index contributed by atoms with van der Waals surface area (Å²) in [4.78, 5) is 11.8. The number of carbonyl (C=O) groups excluding carboxylic acids is 1. The van der Waals surface area contributed by atoms with Crippen LogP contribution in [0.2, 0.25) is 0 Å². The van der Waals surface area contributed by atoms with E-state index in [9.17, 15) is 4.79 Å². The van der Waals surface area contributed by atoms with Crippen LogP contribution in [0.4, 0.5) is 5.69 Å². The second-order valence-corrected chi connectivity index (χ2v) is 5.23. The molecule has 0 aliphatic carbocycles. The molecule has 0 aliphatic rings. The maximum absolute atomic E-state index is 11.8. The molecule has 1 aromatic carbocycles. The SMILES string of the molecule is CCOCCNC(C)CC(=O)Nc1ccc(Br)cc1. The van der Waals surface area contributed by atoms with E-state index in [2.05, 4.69) is 26.6 Å². The minimum atomic E-state index is 0.0127. The lowest BCUT2D eigenvalue weighted by Crippen LogP contribution is -2.33. The Morgan fingerprint density at radius 1 is 1.37 bits per heavy atom. The van der Waals surface area contributed by atoms with Crippen molar-refractivity contribution in [2.75, 3.05) is 25.1 Å². The number of rotatable bonds is 8. The maximum Gasteiger partial charge on any atom is 0.225 e. The number of benzene rings is 1. The standard InChI is InChI=1S/C14H21BrN2O2/c1-3-19-9-8-16-11(2)10-14(18)17-13-6-4-12(15)5-7-13/h4-7,11,16H,3,8-10H2,1-2H3,(H,17,18). The fourth-order valence-corrected chi connectivity index (χ4v) is 1.88. The van der Waals surface area contributed by atoms with Gasteiger partial charge in [0.1, 0.15) is 0 Å². The van der Waals surface area contributed by atoms with Crippen LogP contribution in [-0.2, 0) is 9.53 Å². The van der Waals surface area contributed by atoms with Gasteiger partial charge in [0, 0.05) is 35.8 Å². The molecule has 0 heterocycles. The Bertz CT molecular complexity index is 382. The molecule has 0 bridgehead atoms. The van der Waals surface area contributed by atoms with Crippen molar-refractivity contribution in [3.8, 4) is 0 Å². The number of amides is 1. The first-order valence-electron chi connectivity index (χ1n) is 6.48. The van der Waals surface area contributed by atoms with Crippen molar-refractivity contribution in [2.45, 2.75) is 26.3 Å². The van der Waals surface area contributed by atoms with E-state index in [1.54, 1.807) is 0 Å². The van der Waals surface area contributed by atoms with Crippen molar-refractivity contribution in [3.63, 3.8) is 0 Å². The van der Waals surface area contributed by atoms with E-state index < -0.39 is 0 Å². The molecule has 5 heteroatoms. The highest BCUT2D eigenvalue weighted by molar-refractivity contribution is 9.10. The smallest absolute Gasteiger partial charge is 0.225 e. The van der Waals surface area contributed by atoms with Gasteiger partial charge < -0.3 is 15.4 Å². The number of anilines is 1. The summed E-state index contributed by atoms with van der Waals surface area (Å²) in [7, 11) is 0.